The summed E-state index contributed by atoms with van der Waals surface area (Å²) >= 11 is 11.8. The van der Waals surface area contributed by atoms with Crippen LogP contribution in [0.4, 0.5) is 5.69 Å². The van der Waals surface area contributed by atoms with E-state index >= 15 is 0 Å². The number of hydrogen-bond donors (Lipinski definition) is 2. The van der Waals surface area contributed by atoms with Crippen molar-refractivity contribution >= 4 is 34.8 Å². The van der Waals surface area contributed by atoms with Crippen molar-refractivity contribution in [3.63, 3.8) is 0 Å². The maximum absolute atomic E-state index is 12.0. The summed E-state index contributed by atoms with van der Waals surface area (Å²) in [6.45, 7) is 2.15. The molecule has 0 radical (unpaired) electrons. The van der Waals surface area contributed by atoms with Crippen molar-refractivity contribution in [2.24, 2.45) is 5.92 Å². The highest BCUT2D eigenvalue weighted by molar-refractivity contribution is 6.39. The Morgan fingerprint density at radius 3 is 2.61 bits per heavy atom. The molecule has 98 valence electrons. The Labute approximate surface area is 117 Å². The third-order valence-corrected chi connectivity index (χ3v) is 3.87. The number of hydrogen-bond acceptors (Lipinski definition) is 2. The second-order valence-electron chi connectivity index (χ2n) is 4.72. The smallest absolute Gasteiger partial charge is 0.251 e. The fraction of sp³-hybridized carbons (Fsp3) is 0.462. The maximum Gasteiger partial charge on any atom is 0.251 e. The van der Waals surface area contributed by atoms with Crippen LogP contribution in [0.1, 0.15) is 36.5 Å². The molecule has 0 aliphatic heterocycles. The molecule has 1 amide bonds. The van der Waals surface area contributed by atoms with Crippen molar-refractivity contribution in [3.05, 3.63) is 27.7 Å². The molecule has 2 atom stereocenters. The Kier molecular flexibility index (Phi) is 4.03. The van der Waals surface area contributed by atoms with E-state index in [9.17, 15) is 4.79 Å². The number of nitrogens with one attached hydrogen (secondary N) is 1. The molecular weight excluding hydrogens is 271 g/mol. The van der Waals surface area contributed by atoms with E-state index in [4.69, 9.17) is 28.9 Å². The van der Waals surface area contributed by atoms with Gasteiger partial charge in [0.05, 0.1) is 15.7 Å². The van der Waals surface area contributed by atoms with Gasteiger partial charge in [-0.3, -0.25) is 4.79 Å². The van der Waals surface area contributed by atoms with Crippen LogP contribution >= 0.6 is 23.2 Å². The van der Waals surface area contributed by atoms with Crippen molar-refractivity contribution in [2.75, 3.05) is 5.73 Å². The second-order valence-corrected chi connectivity index (χ2v) is 5.53. The van der Waals surface area contributed by atoms with Gasteiger partial charge in [-0.05, 0) is 30.9 Å². The van der Waals surface area contributed by atoms with Crippen molar-refractivity contribution in [3.8, 4) is 0 Å². The van der Waals surface area contributed by atoms with E-state index in [1.807, 2.05) is 0 Å². The standard InChI is InChI=1S/C13H16Cl2N2O/c1-2-3-7-6-11(7)17-13(18)8-4-9(14)12(16)10(15)5-8/h4-5,7,11H,2-3,6,16H2,1H3,(H,17,18). The molecule has 3 nitrogen and oxygen atoms in total. The summed E-state index contributed by atoms with van der Waals surface area (Å²) in [5.74, 6) is 0.487. The van der Waals surface area contributed by atoms with Gasteiger partial charge >= 0.3 is 0 Å². The van der Waals surface area contributed by atoms with Crippen LogP contribution in [0.25, 0.3) is 0 Å². The molecule has 1 aliphatic carbocycles. The molecule has 0 spiro atoms. The van der Waals surface area contributed by atoms with E-state index in [0.717, 1.165) is 19.3 Å². The lowest BCUT2D eigenvalue weighted by Crippen LogP contribution is -2.26. The highest BCUT2D eigenvalue weighted by Crippen LogP contribution is 2.35. The summed E-state index contributed by atoms with van der Waals surface area (Å²) < 4.78 is 0. The van der Waals surface area contributed by atoms with Crippen molar-refractivity contribution in [1.29, 1.82) is 0 Å². The van der Waals surface area contributed by atoms with Crippen molar-refractivity contribution in [1.82, 2.24) is 5.32 Å². The van der Waals surface area contributed by atoms with Gasteiger partial charge in [-0.2, -0.15) is 0 Å². The molecule has 0 aromatic heterocycles. The zero-order valence-electron chi connectivity index (χ0n) is 10.2. The molecule has 5 heteroatoms. The number of amides is 1. The van der Waals surface area contributed by atoms with E-state index < -0.39 is 0 Å². The quantitative estimate of drug-likeness (QED) is 0.833. The van der Waals surface area contributed by atoms with Gasteiger partial charge in [-0.15, -0.1) is 0 Å². The van der Waals surface area contributed by atoms with Crippen LogP contribution in [0, 0.1) is 5.92 Å². The molecule has 2 unspecified atom stereocenters. The van der Waals surface area contributed by atoms with Gasteiger partial charge in [0.1, 0.15) is 0 Å². The van der Waals surface area contributed by atoms with Crippen molar-refractivity contribution < 1.29 is 4.79 Å². The minimum absolute atomic E-state index is 0.137. The normalized spacial score (nSPS) is 21.7. The van der Waals surface area contributed by atoms with E-state index in [1.165, 1.54) is 0 Å². The average Bonchev–Trinajstić information content (AvgIpc) is 3.04. The number of rotatable bonds is 4. The van der Waals surface area contributed by atoms with Crippen molar-refractivity contribution in [2.45, 2.75) is 32.2 Å². The summed E-state index contributed by atoms with van der Waals surface area (Å²) in [4.78, 5) is 12.0. The summed E-state index contributed by atoms with van der Waals surface area (Å²) in [5, 5.41) is 3.61. The zero-order chi connectivity index (χ0) is 13.3. The number of carbonyl (C=O) groups excluding carboxylic acids is 1. The first-order chi connectivity index (χ1) is 8.52. The minimum Gasteiger partial charge on any atom is -0.396 e. The summed E-state index contributed by atoms with van der Waals surface area (Å²) in [6.07, 6.45) is 3.38. The molecule has 18 heavy (non-hydrogen) atoms. The number of nitrogens with two attached hydrogens (primary N) is 1. The Morgan fingerprint density at radius 2 is 2.06 bits per heavy atom. The van der Waals surface area contributed by atoms with Crippen LogP contribution in [-0.4, -0.2) is 11.9 Å². The molecule has 1 fully saturated rings. The minimum atomic E-state index is -0.137. The van der Waals surface area contributed by atoms with Crippen LogP contribution in [0.5, 0.6) is 0 Å². The number of anilines is 1. The van der Waals surface area contributed by atoms with E-state index in [-0.39, 0.29) is 5.91 Å². The number of halogens is 2. The Bertz CT molecular complexity index is 453. The first-order valence-corrected chi connectivity index (χ1v) is 6.84. The number of benzene rings is 1. The summed E-state index contributed by atoms with van der Waals surface area (Å²) in [7, 11) is 0. The fourth-order valence-corrected chi connectivity index (χ4v) is 2.57. The molecule has 1 aromatic rings. The number of nitrogen functional groups attached to an aromatic ring is 1. The molecule has 1 aliphatic rings. The third kappa shape index (κ3) is 2.90. The summed E-state index contributed by atoms with van der Waals surface area (Å²) in [6, 6.07) is 3.40. The summed E-state index contributed by atoms with van der Waals surface area (Å²) in [5.41, 5.74) is 6.40. The molecule has 1 saturated carbocycles. The molecule has 0 saturated heterocycles. The maximum atomic E-state index is 12.0. The Balaban J connectivity index is 2.02. The van der Waals surface area contributed by atoms with E-state index in [2.05, 4.69) is 12.2 Å². The van der Waals surface area contributed by atoms with Gasteiger partial charge in [-0.25, -0.2) is 0 Å². The van der Waals surface area contributed by atoms with Gasteiger partial charge in [0.25, 0.3) is 5.91 Å². The van der Waals surface area contributed by atoms with Gasteiger partial charge in [0.2, 0.25) is 0 Å². The third-order valence-electron chi connectivity index (χ3n) is 3.24. The van der Waals surface area contributed by atoms with Gasteiger partial charge in [0, 0.05) is 11.6 Å². The average molecular weight is 287 g/mol. The van der Waals surface area contributed by atoms with Crippen LogP contribution in [0.3, 0.4) is 0 Å². The van der Waals surface area contributed by atoms with Crippen LogP contribution in [-0.2, 0) is 0 Å². The molecule has 0 heterocycles. The molecule has 3 N–H and O–H groups in total. The first-order valence-electron chi connectivity index (χ1n) is 6.08. The second kappa shape index (κ2) is 5.37. The van der Waals surface area contributed by atoms with Gasteiger partial charge in [-0.1, -0.05) is 36.5 Å². The fourth-order valence-electron chi connectivity index (χ4n) is 2.08. The Morgan fingerprint density at radius 1 is 1.44 bits per heavy atom. The SMILES string of the molecule is CCCC1CC1NC(=O)c1cc(Cl)c(N)c(Cl)c1. The lowest BCUT2D eigenvalue weighted by molar-refractivity contribution is 0.0949. The molecule has 0 bridgehead atoms. The van der Waals surface area contributed by atoms with E-state index in [1.54, 1.807) is 12.1 Å². The number of carbonyl (C=O) groups is 1. The molecular formula is C13H16Cl2N2O. The molecule has 2 rings (SSSR count). The largest absolute Gasteiger partial charge is 0.396 e. The van der Waals surface area contributed by atoms with Crippen LogP contribution in [0.2, 0.25) is 10.0 Å². The first kappa shape index (κ1) is 13.5. The molecule has 1 aromatic carbocycles. The predicted molar refractivity (Wildman–Crippen MR) is 75.1 cm³/mol. The predicted octanol–water partition coefficient (Wildman–Crippen LogP) is 3.49. The van der Waals surface area contributed by atoms with Gasteiger partial charge < -0.3 is 11.1 Å². The monoisotopic (exact) mass is 286 g/mol. The highest BCUT2D eigenvalue weighted by Gasteiger charge is 2.37. The lowest BCUT2D eigenvalue weighted by atomic mass is 10.2. The Hall–Kier alpha value is -0.930. The zero-order valence-corrected chi connectivity index (χ0v) is 11.7. The lowest BCUT2D eigenvalue weighted by Gasteiger charge is -2.07. The topological polar surface area (TPSA) is 55.1 Å². The van der Waals surface area contributed by atoms with E-state index in [0.29, 0.717) is 33.3 Å². The highest BCUT2D eigenvalue weighted by atomic mass is 35.5. The van der Waals surface area contributed by atoms with Crippen LogP contribution in [0.15, 0.2) is 12.1 Å². The van der Waals surface area contributed by atoms with Crippen LogP contribution < -0.4 is 11.1 Å². The van der Waals surface area contributed by atoms with Gasteiger partial charge in [0.15, 0.2) is 0 Å².